The first-order chi connectivity index (χ1) is 9.49. The van der Waals surface area contributed by atoms with Gasteiger partial charge in [-0.3, -0.25) is 4.68 Å². The Morgan fingerprint density at radius 2 is 2.20 bits per heavy atom. The Labute approximate surface area is 117 Å². The second kappa shape index (κ2) is 5.73. The van der Waals surface area contributed by atoms with Crippen molar-refractivity contribution >= 4 is 5.97 Å². The van der Waals surface area contributed by atoms with E-state index in [-0.39, 0.29) is 5.69 Å². The molecule has 0 radical (unpaired) electrons. The molecule has 0 fully saturated rings. The minimum atomic E-state index is -1.08. The molecular formula is C14H17N3O3. The van der Waals surface area contributed by atoms with Crippen LogP contribution < -0.4 is 4.74 Å². The first-order valence-electron chi connectivity index (χ1n) is 6.31. The summed E-state index contributed by atoms with van der Waals surface area (Å²) in [4.78, 5) is 15.2. The van der Waals surface area contributed by atoms with E-state index >= 15 is 0 Å². The van der Waals surface area contributed by atoms with Crippen molar-refractivity contribution in [2.75, 3.05) is 7.11 Å². The Balaban J connectivity index is 2.38. The fraction of sp³-hybridized carbons (Fsp3) is 0.357. The lowest BCUT2D eigenvalue weighted by Gasteiger charge is -2.05. The van der Waals surface area contributed by atoms with Gasteiger partial charge in [0.2, 0.25) is 0 Å². The monoisotopic (exact) mass is 275 g/mol. The molecule has 0 unspecified atom stereocenters. The molecule has 0 aliphatic carbocycles. The molecule has 6 heteroatoms. The molecule has 6 nitrogen and oxygen atoms in total. The van der Waals surface area contributed by atoms with E-state index in [0.29, 0.717) is 17.4 Å². The number of hydrogen-bond donors (Lipinski definition) is 1. The summed E-state index contributed by atoms with van der Waals surface area (Å²) >= 11 is 0. The van der Waals surface area contributed by atoms with Crippen LogP contribution in [-0.4, -0.2) is 33.0 Å². The van der Waals surface area contributed by atoms with E-state index < -0.39 is 5.97 Å². The number of aromatic carboxylic acids is 1. The topological polar surface area (TPSA) is 77.2 Å². The van der Waals surface area contributed by atoms with Crippen LogP contribution in [0.2, 0.25) is 0 Å². The number of nitrogens with zero attached hydrogens (tertiary/aromatic N) is 3. The van der Waals surface area contributed by atoms with Gasteiger partial charge in [-0.25, -0.2) is 9.78 Å². The minimum absolute atomic E-state index is 0.0454. The normalized spacial score (nSPS) is 10.8. The summed E-state index contributed by atoms with van der Waals surface area (Å²) in [7, 11) is 1.49. The molecule has 2 aromatic heterocycles. The summed E-state index contributed by atoms with van der Waals surface area (Å²) in [6.45, 7) is 5.01. The summed E-state index contributed by atoms with van der Waals surface area (Å²) in [5.41, 5.74) is 1.26. The lowest BCUT2D eigenvalue weighted by Crippen LogP contribution is -2.04. The van der Waals surface area contributed by atoms with E-state index in [2.05, 4.69) is 23.9 Å². The van der Waals surface area contributed by atoms with Crippen molar-refractivity contribution in [3.8, 4) is 17.0 Å². The standard InChI is InChI=1S/C14H17N3O3/c1-9(2)7-17-8-10(6-15-17)12-4-11(20-3)5-13(16-12)14(18)19/h4-6,8-9H,7H2,1-3H3,(H,18,19). The van der Waals surface area contributed by atoms with E-state index in [0.717, 1.165) is 12.1 Å². The lowest BCUT2D eigenvalue weighted by molar-refractivity contribution is 0.0690. The van der Waals surface area contributed by atoms with Crippen LogP contribution in [0.3, 0.4) is 0 Å². The van der Waals surface area contributed by atoms with Crippen LogP contribution in [0.4, 0.5) is 0 Å². The maximum atomic E-state index is 11.1. The van der Waals surface area contributed by atoms with Gasteiger partial charge in [0, 0.05) is 30.4 Å². The highest BCUT2D eigenvalue weighted by atomic mass is 16.5. The van der Waals surface area contributed by atoms with E-state index in [1.54, 1.807) is 12.3 Å². The van der Waals surface area contributed by atoms with Crippen molar-refractivity contribution < 1.29 is 14.6 Å². The van der Waals surface area contributed by atoms with Gasteiger partial charge < -0.3 is 9.84 Å². The maximum Gasteiger partial charge on any atom is 0.354 e. The first kappa shape index (κ1) is 14.0. The van der Waals surface area contributed by atoms with Crippen LogP contribution >= 0.6 is 0 Å². The Morgan fingerprint density at radius 3 is 2.80 bits per heavy atom. The van der Waals surface area contributed by atoms with Gasteiger partial charge in [-0.2, -0.15) is 5.10 Å². The van der Waals surface area contributed by atoms with E-state index in [1.165, 1.54) is 13.2 Å². The SMILES string of the molecule is COc1cc(C(=O)O)nc(-c2cnn(CC(C)C)c2)c1. The number of carboxylic acids is 1. The number of methoxy groups -OCH3 is 1. The summed E-state index contributed by atoms with van der Waals surface area (Å²) in [5.74, 6) is -0.140. The molecule has 2 aromatic rings. The Bertz CT molecular complexity index is 620. The number of carboxylic acid groups (broad SMARTS) is 1. The number of carbonyl (C=O) groups is 1. The van der Waals surface area contributed by atoms with Crippen molar-refractivity contribution in [3.05, 3.63) is 30.2 Å². The predicted octanol–water partition coefficient (Wildman–Crippen LogP) is 2.31. The van der Waals surface area contributed by atoms with E-state index in [9.17, 15) is 4.79 Å². The van der Waals surface area contributed by atoms with Gasteiger partial charge in [0.1, 0.15) is 5.75 Å². The number of hydrogen-bond acceptors (Lipinski definition) is 4. The third-order valence-corrected chi connectivity index (χ3v) is 2.73. The van der Waals surface area contributed by atoms with Gasteiger partial charge in [-0.1, -0.05) is 13.8 Å². The molecule has 1 N–H and O–H groups in total. The van der Waals surface area contributed by atoms with E-state index in [1.807, 2.05) is 10.9 Å². The van der Waals surface area contributed by atoms with Crippen LogP contribution in [0, 0.1) is 5.92 Å². The quantitative estimate of drug-likeness (QED) is 0.906. The molecule has 0 amide bonds. The molecule has 0 atom stereocenters. The molecule has 0 spiro atoms. The highest BCUT2D eigenvalue weighted by Crippen LogP contribution is 2.23. The molecule has 106 valence electrons. The van der Waals surface area contributed by atoms with Crippen molar-refractivity contribution in [3.63, 3.8) is 0 Å². The van der Waals surface area contributed by atoms with Gasteiger partial charge in [0.25, 0.3) is 0 Å². The number of aromatic nitrogens is 3. The number of rotatable bonds is 5. The largest absolute Gasteiger partial charge is 0.497 e. The fourth-order valence-electron chi connectivity index (χ4n) is 1.85. The Hall–Kier alpha value is -2.37. The molecule has 2 heterocycles. The number of pyridine rings is 1. The molecule has 2 rings (SSSR count). The van der Waals surface area contributed by atoms with Gasteiger partial charge in [0.15, 0.2) is 5.69 Å². The lowest BCUT2D eigenvalue weighted by atomic mass is 10.2. The van der Waals surface area contributed by atoms with Crippen LogP contribution in [0.25, 0.3) is 11.3 Å². The van der Waals surface area contributed by atoms with Crippen molar-refractivity contribution in [1.29, 1.82) is 0 Å². The molecular weight excluding hydrogens is 258 g/mol. The maximum absolute atomic E-state index is 11.1. The van der Waals surface area contributed by atoms with Gasteiger partial charge >= 0.3 is 5.97 Å². The average molecular weight is 275 g/mol. The van der Waals surface area contributed by atoms with Crippen LogP contribution in [-0.2, 0) is 6.54 Å². The average Bonchev–Trinajstić information content (AvgIpc) is 2.85. The second-order valence-electron chi connectivity index (χ2n) is 4.93. The third-order valence-electron chi connectivity index (χ3n) is 2.73. The zero-order valence-corrected chi connectivity index (χ0v) is 11.7. The summed E-state index contributed by atoms with van der Waals surface area (Å²) < 4.78 is 6.93. The highest BCUT2D eigenvalue weighted by molar-refractivity contribution is 5.86. The highest BCUT2D eigenvalue weighted by Gasteiger charge is 2.12. The van der Waals surface area contributed by atoms with Gasteiger partial charge in [-0.05, 0) is 5.92 Å². The Kier molecular flexibility index (Phi) is 4.02. The fourth-order valence-corrected chi connectivity index (χ4v) is 1.85. The number of ether oxygens (including phenoxy) is 1. The van der Waals surface area contributed by atoms with Gasteiger partial charge in [-0.15, -0.1) is 0 Å². The van der Waals surface area contributed by atoms with Crippen LogP contribution in [0.1, 0.15) is 24.3 Å². The summed E-state index contributed by atoms with van der Waals surface area (Å²) in [6, 6.07) is 3.09. The van der Waals surface area contributed by atoms with Crippen LogP contribution in [0.5, 0.6) is 5.75 Å². The molecule has 20 heavy (non-hydrogen) atoms. The molecule has 0 saturated carbocycles. The molecule has 0 bridgehead atoms. The Morgan fingerprint density at radius 1 is 1.45 bits per heavy atom. The molecule has 0 aliphatic heterocycles. The predicted molar refractivity (Wildman–Crippen MR) is 73.8 cm³/mol. The van der Waals surface area contributed by atoms with Crippen LogP contribution in [0.15, 0.2) is 24.5 Å². The summed E-state index contributed by atoms with van der Waals surface area (Å²) in [5, 5.41) is 13.3. The van der Waals surface area contributed by atoms with Crippen molar-refractivity contribution in [2.45, 2.75) is 20.4 Å². The molecule has 0 aromatic carbocycles. The zero-order valence-electron chi connectivity index (χ0n) is 11.7. The van der Waals surface area contributed by atoms with Crippen molar-refractivity contribution in [1.82, 2.24) is 14.8 Å². The third kappa shape index (κ3) is 3.14. The first-order valence-corrected chi connectivity index (χ1v) is 6.31. The zero-order chi connectivity index (χ0) is 14.7. The van der Waals surface area contributed by atoms with Crippen molar-refractivity contribution in [2.24, 2.45) is 5.92 Å². The smallest absolute Gasteiger partial charge is 0.354 e. The molecule has 0 aliphatic rings. The summed E-state index contributed by atoms with van der Waals surface area (Å²) in [6.07, 6.45) is 3.53. The second-order valence-corrected chi connectivity index (χ2v) is 4.93. The van der Waals surface area contributed by atoms with E-state index in [4.69, 9.17) is 9.84 Å². The minimum Gasteiger partial charge on any atom is -0.497 e. The molecule has 0 saturated heterocycles. The van der Waals surface area contributed by atoms with Gasteiger partial charge in [0.05, 0.1) is 19.0 Å².